The van der Waals surface area contributed by atoms with Gasteiger partial charge in [0.25, 0.3) is 5.56 Å². The quantitative estimate of drug-likeness (QED) is 0.365. The average Bonchev–Trinajstić information content (AvgIpc) is 3.37. The fraction of sp³-hybridized carbons (Fsp3) is 0.296. The summed E-state index contributed by atoms with van der Waals surface area (Å²) in [5.74, 6) is 1.61. The molecule has 4 rings (SSSR count). The number of carbonyl (C=O) groups is 1. The van der Waals surface area contributed by atoms with Gasteiger partial charge in [-0.1, -0.05) is 32.9 Å². The van der Waals surface area contributed by atoms with Gasteiger partial charge in [0.2, 0.25) is 5.91 Å². The van der Waals surface area contributed by atoms with E-state index in [2.05, 4.69) is 0 Å². The van der Waals surface area contributed by atoms with Crippen LogP contribution in [0, 0.1) is 5.92 Å². The van der Waals surface area contributed by atoms with Crippen LogP contribution in [0.2, 0.25) is 0 Å². The number of ether oxygens (including phenoxy) is 1. The summed E-state index contributed by atoms with van der Waals surface area (Å²) < 4.78 is 12.5. The minimum atomic E-state index is -0.445. The van der Waals surface area contributed by atoms with Gasteiger partial charge in [0.05, 0.1) is 42.5 Å². The van der Waals surface area contributed by atoms with E-state index >= 15 is 0 Å². The second kappa shape index (κ2) is 9.95. The van der Waals surface area contributed by atoms with Crippen LogP contribution < -0.4 is 10.3 Å². The van der Waals surface area contributed by atoms with Gasteiger partial charge in [-0.2, -0.15) is 0 Å². The zero-order valence-corrected chi connectivity index (χ0v) is 19.9. The van der Waals surface area contributed by atoms with Crippen LogP contribution in [0.4, 0.5) is 0 Å². The Kier molecular flexibility index (Phi) is 6.82. The van der Waals surface area contributed by atoms with Crippen LogP contribution in [0.15, 0.2) is 76.1 Å². The van der Waals surface area contributed by atoms with E-state index in [0.717, 1.165) is 0 Å². The normalized spacial score (nSPS) is 12.1. The van der Waals surface area contributed by atoms with Crippen molar-refractivity contribution in [2.45, 2.75) is 39.8 Å². The van der Waals surface area contributed by atoms with Gasteiger partial charge in [-0.3, -0.25) is 14.2 Å². The Bertz CT molecular complexity index is 1320. The standard InChI is InChI=1S/C27H29N3O4/c1-5-24(29(26(31)18(2)3)17-21-9-8-16-34-21)25-28-23-11-7-6-10-22(23)27(32)30(25)19-12-14-20(33-4)15-13-19/h6-16,18,24H,5,17H2,1-4H3. The van der Waals surface area contributed by atoms with Crippen LogP contribution in [-0.4, -0.2) is 27.5 Å². The third-order valence-electron chi connectivity index (χ3n) is 5.88. The predicted molar refractivity (Wildman–Crippen MR) is 131 cm³/mol. The molecule has 0 saturated carbocycles. The Morgan fingerprint density at radius 3 is 2.44 bits per heavy atom. The van der Waals surface area contributed by atoms with Crippen LogP contribution in [0.3, 0.4) is 0 Å². The second-order valence-electron chi connectivity index (χ2n) is 8.45. The molecule has 0 spiro atoms. The first kappa shape index (κ1) is 23.3. The number of rotatable bonds is 8. The lowest BCUT2D eigenvalue weighted by atomic mass is 10.1. The summed E-state index contributed by atoms with van der Waals surface area (Å²) in [4.78, 5) is 33.8. The molecule has 7 heteroatoms. The lowest BCUT2D eigenvalue weighted by Gasteiger charge is -2.33. The SMILES string of the molecule is CCC(c1nc2ccccc2c(=O)n1-c1ccc(OC)cc1)N(Cc1ccco1)C(=O)C(C)C. The van der Waals surface area contributed by atoms with Crippen molar-refractivity contribution in [2.24, 2.45) is 5.92 Å². The van der Waals surface area contributed by atoms with Gasteiger partial charge in [0.15, 0.2) is 0 Å². The van der Waals surface area contributed by atoms with Crippen LogP contribution in [0.5, 0.6) is 5.75 Å². The van der Waals surface area contributed by atoms with Crippen molar-refractivity contribution in [3.8, 4) is 11.4 Å². The first-order valence-corrected chi connectivity index (χ1v) is 11.4. The molecule has 1 atom stereocenters. The first-order chi connectivity index (χ1) is 16.4. The fourth-order valence-electron chi connectivity index (χ4n) is 4.14. The lowest BCUT2D eigenvalue weighted by Crippen LogP contribution is -2.40. The molecule has 1 unspecified atom stereocenters. The summed E-state index contributed by atoms with van der Waals surface area (Å²) in [6.45, 7) is 6.02. The molecule has 0 fully saturated rings. The molecule has 0 saturated heterocycles. The highest BCUT2D eigenvalue weighted by molar-refractivity contribution is 5.80. The van der Waals surface area contributed by atoms with Crippen LogP contribution in [-0.2, 0) is 11.3 Å². The Hall–Kier alpha value is -3.87. The maximum atomic E-state index is 13.7. The zero-order valence-electron chi connectivity index (χ0n) is 19.9. The molecule has 0 aliphatic heterocycles. The number of fused-ring (bicyclic) bond motifs is 1. The maximum Gasteiger partial charge on any atom is 0.266 e. The van der Waals surface area contributed by atoms with Crippen LogP contribution >= 0.6 is 0 Å². The summed E-state index contributed by atoms with van der Waals surface area (Å²) in [5.41, 5.74) is 1.08. The highest BCUT2D eigenvalue weighted by atomic mass is 16.5. The van der Waals surface area contributed by atoms with Crippen molar-refractivity contribution in [3.63, 3.8) is 0 Å². The summed E-state index contributed by atoms with van der Waals surface area (Å²) in [5, 5.41) is 0.518. The second-order valence-corrected chi connectivity index (χ2v) is 8.45. The molecule has 176 valence electrons. The Morgan fingerprint density at radius 1 is 1.09 bits per heavy atom. The maximum absolute atomic E-state index is 13.7. The third kappa shape index (κ3) is 4.46. The lowest BCUT2D eigenvalue weighted by molar-refractivity contribution is -0.138. The monoisotopic (exact) mass is 459 g/mol. The molecule has 0 N–H and O–H groups in total. The van der Waals surface area contributed by atoms with Crippen molar-refractivity contribution in [3.05, 3.63) is 88.9 Å². The number of methoxy groups -OCH3 is 1. The fourth-order valence-corrected chi connectivity index (χ4v) is 4.14. The van der Waals surface area contributed by atoms with E-state index in [9.17, 15) is 9.59 Å². The minimum absolute atomic E-state index is 0.0352. The van der Waals surface area contributed by atoms with Crippen molar-refractivity contribution in [1.29, 1.82) is 0 Å². The van der Waals surface area contributed by atoms with Crippen molar-refractivity contribution in [1.82, 2.24) is 14.5 Å². The number of furan rings is 1. The molecule has 4 aromatic rings. The molecule has 0 aliphatic rings. The number of hydrogen-bond acceptors (Lipinski definition) is 5. The Balaban J connectivity index is 1.95. The van der Waals surface area contributed by atoms with Crippen molar-refractivity contribution in [2.75, 3.05) is 7.11 Å². The molecule has 2 aromatic heterocycles. The van der Waals surface area contributed by atoms with E-state index in [0.29, 0.717) is 40.3 Å². The zero-order chi connectivity index (χ0) is 24.2. The predicted octanol–water partition coefficient (Wildman–Crippen LogP) is 5.12. The van der Waals surface area contributed by atoms with E-state index in [1.54, 1.807) is 35.0 Å². The Morgan fingerprint density at radius 2 is 1.82 bits per heavy atom. The molecule has 0 radical (unpaired) electrons. The van der Waals surface area contributed by atoms with Gasteiger partial charge in [0, 0.05) is 5.92 Å². The number of hydrogen-bond donors (Lipinski definition) is 0. The van der Waals surface area contributed by atoms with Gasteiger partial charge in [0.1, 0.15) is 17.3 Å². The summed E-state index contributed by atoms with van der Waals surface area (Å²) in [6, 6.07) is 17.8. The van der Waals surface area contributed by atoms with Crippen LogP contribution in [0.25, 0.3) is 16.6 Å². The van der Waals surface area contributed by atoms with E-state index in [1.807, 2.05) is 69.3 Å². The molecule has 1 amide bonds. The smallest absolute Gasteiger partial charge is 0.266 e. The van der Waals surface area contributed by atoms with Gasteiger partial charge in [-0.15, -0.1) is 0 Å². The topological polar surface area (TPSA) is 77.6 Å². The number of amides is 1. The Labute approximate surface area is 198 Å². The highest BCUT2D eigenvalue weighted by Crippen LogP contribution is 2.29. The largest absolute Gasteiger partial charge is 0.497 e. The van der Waals surface area contributed by atoms with Gasteiger partial charge < -0.3 is 14.1 Å². The molecule has 0 bridgehead atoms. The number of para-hydroxylation sites is 1. The van der Waals surface area contributed by atoms with E-state index in [1.165, 1.54) is 0 Å². The van der Waals surface area contributed by atoms with Gasteiger partial charge >= 0.3 is 0 Å². The third-order valence-corrected chi connectivity index (χ3v) is 5.88. The molecule has 2 aromatic carbocycles. The van der Waals surface area contributed by atoms with Crippen LogP contribution in [0.1, 0.15) is 44.8 Å². The number of benzene rings is 2. The van der Waals surface area contributed by atoms with Gasteiger partial charge in [-0.25, -0.2) is 4.98 Å². The molecule has 34 heavy (non-hydrogen) atoms. The molecule has 7 nitrogen and oxygen atoms in total. The first-order valence-electron chi connectivity index (χ1n) is 11.4. The van der Waals surface area contributed by atoms with Crippen molar-refractivity contribution >= 4 is 16.8 Å². The van der Waals surface area contributed by atoms with E-state index in [4.69, 9.17) is 14.1 Å². The van der Waals surface area contributed by atoms with Crippen molar-refractivity contribution < 1.29 is 13.9 Å². The molecular formula is C27H29N3O4. The van der Waals surface area contributed by atoms with Gasteiger partial charge in [-0.05, 0) is 55.0 Å². The summed E-state index contributed by atoms with van der Waals surface area (Å²) >= 11 is 0. The number of aromatic nitrogens is 2. The molecular weight excluding hydrogens is 430 g/mol. The summed E-state index contributed by atoms with van der Waals surface area (Å²) in [6.07, 6.45) is 2.16. The molecule has 0 aliphatic carbocycles. The average molecular weight is 460 g/mol. The summed E-state index contributed by atoms with van der Waals surface area (Å²) in [7, 11) is 1.60. The number of nitrogens with zero attached hydrogens (tertiary/aromatic N) is 3. The van der Waals surface area contributed by atoms with E-state index < -0.39 is 6.04 Å². The molecule has 2 heterocycles. The number of carbonyl (C=O) groups excluding carboxylic acids is 1. The minimum Gasteiger partial charge on any atom is -0.497 e. The van der Waals surface area contributed by atoms with E-state index in [-0.39, 0.29) is 23.9 Å². The highest BCUT2D eigenvalue weighted by Gasteiger charge is 2.31.